The first kappa shape index (κ1) is 14.0. The molecular weight excluding hydrogens is 312 g/mol. The number of hydrogen-bond donors (Lipinski definition) is 1. The first-order chi connectivity index (χ1) is 9.10. The van der Waals surface area contributed by atoms with Crippen LogP contribution in [0.15, 0.2) is 40.9 Å². The molecule has 0 aliphatic heterocycles. The van der Waals surface area contributed by atoms with Crippen molar-refractivity contribution in [2.45, 2.75) is 19.9 Å². The van der Waals surface area contributed by atoms with E-state index < -0.39 is 11.6 Å². The highest BCUT2D eigenvalue weighted by Crippen LogP contribution is 2.22. The van der Waals surface area contributed by atoms with E-state index in [0.717, 1.165) is 34.3 Å². The van der Waals surface area contributed by atoms with E-state index >= 15 is 0 Å². The summed E-state index contributed by atoms with van der Waals surface area (Å²) in [5.74, 6) is -0.825. The molecule has 0 fully saturated rings. The second-order valence-electron chi connectivity index (χ2n) is 4.24. The van der Waals surface area contributed by atoms with Gasteiger partial charge in [0.25, 0.3) is 0 Å². The molecule has 4 heteroatoms. The molecule has 0 unspecified atom stereocenters. The van der Waals surface area contributed by atoms with Gasteiger partial charge in [0.15, 0.2) is 0 Å². The molecule has 0 atom stereocenters. The van der Waals surface area contributed by atoms with Crippen LogP contribution in [0.2, 0.25) is 0 Å². The molecule has 0 aliphatic carbocycles. The SMILES string of the molecule is CCc1cc(Br)ccc1NCc1cc(F)ccc1F. The van der Waals surface area contributed by atoms with Crippen LogP contribution in [-0.4, -0.2) is 0 Å². The second-order valence-corrected chi connectivity index (χ2v) is 5.16. The lowest BCUT2D eigenvalue weighted by molar-refractivity contribution is 0.587. The van der Waals surface area contributed by atoms with Gasteiger partial charge < -0.3 is 5.32 Å². The van der Waals surface area contributed by atoms with Crippen molar-refractivity contribution >= 4 is 21.6 Å². The summed E-state index contributed by atoms with van der Waals surface area (Å²) in [4.78, 5) is 0. The highest BCUT2D eigenvalue weighted by Gasteiger charge is 2.06. The molecule has 2 rings (SSSR count). The Morgan fingerprint density at radius 3 is 2.58 bits per heavy atom. The van der Waals surface area contributed by atoms with Crippen LogP contribution < -0.4 is 5.32 Å². The first-order valence-corrected chi connectivity index (χ1v) is 6.85. The minimum atomic E-state index is -0.426. The van der Waals surface area contributed by atoms with Crippen molar-refractivity contribution in [3.8, 4) is 0 Å². The third-order valence-corrected chi connectivity index (χ3v) is 3.42. The van der Waals surface area contributed by atoms with Crippen LogP contribution in [0.4, 0.5) is 14.5 Å². The lowest BCUT2D eigenvalue weighted by Crippen LogP contribution is -2.04. The van der Waals surface area contributed by atoms with Crippen LogP contribution in [0, 0.1) is 11.6 Å². The summed E-state index contributed by atoms with van der Waals surface area (Å²) in [6.07, 6.45) is 0.868. The Morgan fingerprint density at radius 2 is 1.84 bits per heavy atom. The van der Waals surface area contributed by atoms with Crippen LogP contribution in [0.3, 0.4) is 0 Å². The Balaban J connectivity index is 2.16. The number of hydrogen-bond acceptors (Lipinski definition) is 1. The monoisotopic (exact) mass is 325 g/mol. The molecule has 2 aromatic rings. The summed E-state index contributed by atoms with van der Waals surface area (Å²) in [5, 5.41) is 3.15. The van der Waals surface area contributed by atoms with Crippen molar-refractivity contribution in [2.75, 3.05) is 5.32 Å². The molecule has 0 bridgehead atoms. The van der Waals surface area contributed by atoms with Gasteiger partial charge in [0.05, 0.1) is 0 Å². The molecule has 19 heavy (non-hydrogen) atoms. The summed E-state index contributed by atoms with van der Waals surface area (Å²) in [6.45, 7) is 2.31. The fourth-order valence-corrected chi connectivity index (χ4v) is 2.30. The Morgan fingerprint density at radius 1 is 1.05 bits per heavy atom. The topological polar surface area (TPSA) is 12.0 Å². The van der Waals surface area contributed by atoms with Crippen molar-refractivity contribution < 1.29 is 8.78 Å². The largest absolute Gasteiger partial charge is 0.381 e. The van der Waals surface area contributed by atoms with Crippen molar-refractivity contribution in [1.29, 1.82) is 0 Å². The van der Waals surface area contributed by atoms with Gasteiger partial charge in [-0.1, -0.05) is 22.9 Å². The molecule has 0 saturated carbocycles. The van der Waals surface area contributed by atoms with Gasteiger partial charge in [-0.15, -0.1) is 0 Å². The molecule has 0 amide bonds. The van der Waals surface area contributed by atoms with Crippen molar-refractivity contribution in [2.24, 2.45) is 0 Å². The third kappa shape index (κ3) is 3.53. The number of benzene rings is 2. The van der Waals surface area contributed by atoms with Gasteiger partial charge in [-0.05, 0) is 48.4 Å². The van der Waals surface area contributed by atoms with Crippen LogP contribution in [0.25, 0.3) is 0 Å². The third-order valence-electron chi connectivity index (χ3n) is 2.93. The van der Waals surface area contributed by atoms with E-state index in [-0.39, 0.29) is 6.54 Å². The summed E-state index contributed by atoms with van der Waals surface area (Å²) >= 11 is 3.42. The maximum Gasteiger partial charge on any atom is 0.128 e. The predicted molar refractivity (Wildman–Crippen MR) is 77.2 cm³/mol. The summed E-state index contributed by atoms with van der Waals surface area (Å²) in [7, 11) is 0. The number of anilines is 1. The highest BCUT2D eigenvalue weighted by molar-refractivity contribution is 9.10. The summed E-state index contributed by atoms with van der Waals surface area (Å²) in [5.41, 5.74) is 2.39. The average Bonchev–Trinajstić information content (AvgIpc) is 2.40. The quantitative estimate of drug-likeness (QED) is 0.842. The fourth-order valence-electron chi connectivity index (χ4n) is 1.90. The van der Waals surface area contributed by atoms with Crippen LogP contribution in [0.1, 0.15) is 18.1 Å². The van der Waals surface area contributed by atoms with Gasteiger partial charge in [0.2, 0.25) is 0 Å². The molecular formula is C15H14BrF2N. The van der Waals surface area contributed by atoms with E-state index in [9.17, 15) is 8.78 Å². The van der Waals surface area contributed by atoms with Crippen LogP contribution in [0.5, 0.6) is 0 Å². The van der Waals surface area contributed by atoms with E-state index in [1.54, 1.807) is 0 Å². The van der Waals surface area contributed by atoms with E-state index in [1.807, 2.05) is 18.2 Å². The van der Waals surface area contributed by atoms with Gasteiger partial charge in [0.1, 0.15) is 11.6 Å². The Bertz CT molecular complexity index is 584. The van der Waals surface area contributed by atoms with E-state index in [2.05, 4.69) is 28.2 Å². The molecule has 0 aromatic heterocycles. The molecule has 1 nitrogen and oxygen atoms in total. The zero-order valence-electron chi connectivity index (χ0n) is 10.5. The lowest BCUT2D eigenvalue weighted by atomic mass is 10.1. The number of halogens is 3. The number of rotatable bonds is 4. The van der Waals surface area contributed by atoms with Crippen LogP contribution in [-0.2, 0) is 13.0 Å². The molecule has 2 aromatic carbocycles. The van der Waals surface area contributed by atoms with Crippen molar-refractivity contribution in [3.05, 3.63) is 63.6 Å². The lowest BCUT2D eigenvalue weighted by Gasteiger charge is -2.12. The van der Waals surface area contributed by atoms with E-state index in [4.69, 9.17) is 0 Å². The molecule has 0 heterocycles. The molecule has 1 N–H and O–H groups in total. The average molecular weight is 326 g/mol. The molecule has 0 aliphatic rings. The Kier molecular flexibility index (Phi) is 4.53. The van der Waals surface area contributed by atoms with Gasteiger partial charge in [-0.2, -0.15) is 0 Å². The van der Waals surface area contributed by atoms with Gasteiger partial charge in [-0.25, -0.2) is 8.78 Å². The minimum Gasteiger partial charge on any atom is -0.381 e. The van der Waals surface area contributed by atoms with Crippen molar-refractivity contribution in [3.63, 3.8) is 0 Å². The number of aryl methyl sites for hydroxylation is 1. The van der Waals surface area contributed by atoms with Crippen LogP contribution >= 0.6 is 15.9 Å². The molecule has 0 spiro atoms. The molecule has 100 valence electrons. The summed E-state index contributed by atoms with van der Waals surface area (Å²) < 4.78 is 27.6. The minimum absolute atomic E-state index is 0.262. The molecule has 0 radical (unpaired) electrons. The van der Waals surface area contributed by atoms with Crippen molar-refractivity contribution in [1.82, 2.24) is 0 Å². The first-order valence-electron chi connectivity index (χ1n) is 6.06. The van der Waals surface area contributed by atoms with E-state index in [1.165, 1.54) is 6.07 Å². The molecule has 0 saturated heterocycles. The Labute approximate surface area is 119 Å². The smallest absolute Gasteiger partial charge is 0.128 e. The van der Waals surface area contributed by atoms with Gasteiger partial charge >= 0.3 is 0 Å². The van der Waals surface area contributed by atoms with Gasteiger partial charge in [-0.3, -0.25) is 0 Å². The van der Waals surface area contributed by atoms with E-state index in [0.29, 0.717) is 5.56 Å². The second kappa shape index (κ2) is 6.15. The highest BCUT2D eigenvalue weighted by atomic mass is 79.9. The maximum atomic E-state index is 13.5. The zero-order valence-corrected chi connectivity index (χ0v) is 12.1. The van der Waals surface area contributed by atoms with Gasteiger partial charge in [0, 0.05) is 22.3 Å². The normalized spacial score (nSPS) is 10.5. The number of nitrogens with one attached hydrogen (secondary N) is 1. The standard InChI is InChI=1S/C15H14BrF2N/c1-2-10-7-12(16)3-6-15(10)19-9-11-8-13(17)4-5-14(11)18/h3-8,19H,2,9H2,1H3. The summed E-state index contributed by atoms with van der Waals surface area (Å²) in [6, 6.07) is 9.35. The predicted octanol–water partition coefficient (Wildman–Crippen LogP) is 4.90. The zero-order chi connectivity index (χ0) is 13.8. The fraction of sp³-hybridized carbons (Fsp3) is 0.200. The Hall–Kier alpha value is -1.42. The maximum absolute atomic E-state index is 13.5.